The number of unbranched alkanes of at least 4 members (excludes halogenated alkanes) is 1. The van der Waals surface area contributed by atoms with Crippen molar-refractivity contribution in [1.29, 1.82) is 5.26 Å². The summed E-state index contributed by atoms with van der Waals surface area (Å²) in [6.07, 6.45) is 4.58. The molecule has 0 spiro atoms. The van der Waals surface area contributed by atoms with Gasteiger partial charge in [0.2, 0.25) is 11.9 Å². The van der Waals surface area contributed by atoms with Gasteiger partial charge in [0.25, 0.3) is 0 Å². The van der Waals surface area contributed by atoms with E-state index in [9.17, 15) is 4.79 Å². The Morgan fingerprint density at radius 1 is 1.36 bits per heavy atom. The lowest BCUT2D eigenvalue weighted by Crippen LogP contribution is -2.36. The van der Waals surface area contributed by atoms with Crippen LogP contribution in [-0.4, -0.2) is 42.7 Å². The molecule has 0 radical (unpaired) electrons. The quantitative estimate of drug-likeness (QED) is 0.267. The number of nitrogens with one attached hydrogen (secondary N) is 2. The smallest absolute Gasteiger partial charge is 0.243 e. The first-order chi connectivity index (χ1) is 12.1. The van der Waals surface area contributed by atoms with Crippen molar-refractivity contribution < 1.29 is 4.79 Å². The lowest BCUT2D eigenvalue weighted by atomic mass is 10.0. The number of carbonyl (C=O) groups excluding carboxylic acids is 1. The van der Waals surface area contributed by atoms with Gasteiger partial charge in [0.05, 0.1) is 5.71 Å². The van der Waals surface area contributed by atoms with Crippen molar-refractivity contribution in [3.05, 3.63) is 34.9 Å². The average Bonchev–Trinajstić information content (AvgIpc) is 2.62. The van der Waals surface area contributed by atoms with E-state index in [0.717, 1.165) is 24.1 Å². The predicted octanol–water partition coefficient (Wildman–Crippen LogP) is 2.09. The van der Waals surface area contributed by atoms with Gasteiger partial charge in [-0.05, 0) is 30.5 Å². The molecule has 0 aliphatic carbocycles. The zero-order chi connectivity index (χ0) is 18.1. The maximum atomic E-state index is 12.0. The number of nitrogens with zero attached hydrogens (tertiary/aromatic N) is 4. The van der Waals surface area contributed by atoms with E-state index in [1.165, 1.54) is 0 Å². The number of guanidine groups is 1. The molecule has 7 nitrogen and oxygen atoms in total. The summed E-state index contributed by atoms with van der Waals surface area (Å²) >= 11 is 5.91. The number of amides is 1. The Kier molecular flexibility index (Phi) is 7.23. The number of halogens is 1. The molecule has 0 fully saturated rings. The zero-order valence-corrected chi connectivity index (χ0v) is 14.9. The second-order valence-corrected chi connectivity index (χ2v) is 5.95. The fourth-order valence-corrected chi connectivity index (χ4v) is 2.58. The van der Waals surface area contributed by atoms with Crippen LogP contribution in [0.3, 0.4) is 0 Å². The summed E-state index contributed by atoms with van der Waals surface area (Å²) in [5.41, 5.74) is 1.91. The molecule has 0 saturated heterocycles. The molecule has 8 heteroatoms. The van der Waals surface area contributed by atoms with Crippen LogP contribution in [0.2, 0.25) is 5.02 Å². The number of hydrazone groups is 1. The molecule has 1 heterocycles. The SMILES string of the molecule is CN=C(NC#N)NCCCCN1N=C(c2ccc(Cl)cc2)CCC1=O. The maximum Gasteiger partial charge on any atom is 0.243 e. The van der Waals surface area contributed by atoms with E-state index in [4.69, 9.17) is 16.9 Å². The van der Waals surface area contributed by atoms with Gasteiger partial charge in [-0.3, -0.25) is 15.1 Å². The van der Waals surface area contributed by atoms with Crippen molar-refractivity contribution in [2.24, 2.45) is 10.1 Å². The third-order valence-corrected chi connectivity index (χ3v) is 4.02. The normalized spacial score (nSPS) is 14.8. The second kappa shape index (κ2) is 9.64. The Balaban J connectivity index is 1.84. The lowest BCUT2D eigenvalue weighted by molar-refractivity contribution is -0.131. The van der Waals surface area contributed by atoms with E-state index >= 15 is 0 Å². The minimum atomic E-state index is 0.0487. The van der Waals surface area contributed by atoms with Gasteiger partial charge < -0.3 is 5.32 Å². The highest BCUT2D eigenvalue weighted by atomic mass is 35.5. The Bertz CT molecular complexity index is 692. The summed E-state index contributed by atoms with van der Waals surface area (Å²) in [4.78, 5) is 15.9. The number of benzene rings is 1. The number of aliphatic imine (C=N–C) groups is 1. The second-order valence-electron chi connectivity index (χ2n) is 5.51. The standard InChI is InChI=1S/C17H21ClN6O/c1-20-17(22-12-19)21-10-2-3-11-24-16(25)9-8-15(23-24)13-4-6-14(18)7-5-13/h4-7H,2-3,8-11H2,1H3,(H2,20,21,22). The van der Waals surface area contributed by atoms with Gasteiger partial charge in [0, 0.05) is 38.0 Å². The van der Waals surface area contributed by atoms with Crippen LogP contribution in [0.4, 0.5) is 0 Å². The molecule has 25 heavy (non-hydrogen) atoms. The molecule has 0 atom stereocenters. The van der Waals surface area contributed by atoms with Gasteiger partial charge >= 0.3 is 0 Å². The van der Waals surface area contributed by atoms with E-state index in [0.29, 0.717) is 36.9 Å². The molecule has 0 saturated carbocycles. The number of rotatable bonds is 6. The molecule has 1 aliphatic heterocycles. The summed E-state index contributed by atoms with van der Waals surface area (Å²) in [6.45, 7) is 1.24. The molecule has 0 bridgehead atoms. The summed E-state index contributed by atoms with van der Waals surface area (Å²) in [7, 11) is 1.60. The minimum absolute atomic E-state index is 0.0487. The Labute approximate surface area is 152 Å². The highest BCUT2D eigenvalue weighted by Crippen LogP contribution is 2.17. The summed E-state index contributed by atoms with van der Waals surface area (Å²) < 4.78 is 0. The van der Waals surface area contributed by atoms with Gasteiger partial charge in [-0.15, -0.1) is 0 Å². The lowest BCUT2D eigenvalue weighted by Gasteiger charge is -2.23. The average molecular weight is 361 g/mol. The van der Waals surface area contributed by atoms with Crippen LogP contribution in [0.15, 0.2) is 34.4 Å². The van der Waals surface area contributed by atoms with Crippen LogP contribution >= 0.6 is 11.6 Å². The molecule has 1 amide bonds. The molecule has 2 rings (SSSR count). The minimum Gasteiger partial charge on any atom is -0.356 e. The van der Waals surface area contributed by atoms with Gasteiger partial charge in [-0.2, -0.15) is 10.4 Å². The summed E-state index contributed by atoms with van der Waals surface area (Å²) in [6, 6.07) is 7.50. The van der Waals surface area contributed by atoms with E-state index in [1.54, 1.807) is 12.1 Å². The molecular weight excluding hydrogens is 340 g/mol. The van der Waals surface area contributed by atoms with E-state index in [-0.39, 0.29) is 5.91 Å². The number of nitriles is 1. The van der Waals surface area contributed by atoms with Gasteiger partial charge in [-0.25, -0.2) is 5.01 Å². The molecule has 2 N–H and O–H groups in total. The number of carbonyl (C=O) groups is 1. The Hall–Kier alpha value is -2.59. The van der Waals surface area contributed by atoms with Gasteiger partial charge in [0.15, 0.2) is 6.19 Å². The molecule has 0 unspecified atom stereocenters. The molecule has 1 aromatic carbocycles. The molecule has 132 valence electrons. The third-order valence-electron chi connectivity index (χ3n) is 3.77. The van der Waals surface area contributed by atoms with Gasteiger partial charge in [-0.1, -0.05) is 23.7 Å². The van der Waals surface area contributed by atoms with Gasteiger partial charge in [0.1, 0.15) is 0 Å². The molecule has 1 aliphatic rings. The van der Waals surface area contributed by atoms with Crippen LogP contribution in [0.1, 0.15) is 31.2 Å². The van der Waals surface area contributed by atoms with Crippen LogP contribution in [0.25, 0.3) is 0 Å². The number of hydrogen-bond donors (Lipinski definition) is 2. The molecule has 1 aromatic rings. The van der Waals surface area contributed by atoms with E-state index in [2.05, 4.69) is 20.7 Å². The highest BCUT2D eigenvalue weighted by Gasteiger charge is 2.20. The largest absolute Gasteiger partial charge is 0.356 e. The van der Waals surface area contributed by atoms with Crippen molar-refractivity contribution in [3.8, 4) is 6.19 Å². The first kappa shape index (κ1) is 18.7. The summed E-state index contributed by atoms with van der Waals surface area (Å²) in [5.74, 6) is 0.493. The van der Waals surface area contributed by atoms with Crippen LogP contribution in [-0.2, 0) is 4.79 Å². The Morgan fingerprint density at radius 3 is 2.80 bits per heavy atom. The van der Waals surface area contributed by atoms with Crippen LogP contribution in [0.5, 0.6) is 0 Å². The van der Waals surface area contributed by atoms with E-state index < -0.39 is 0 Å². The Morgan fingerprint density at radius 2 is 2.12 bits per heavy atom. The molecule has 0 aromatic heterocycles. The van der Waals surface area contributed by atoms with E-state index in [1.807, 2.05) is 30.5 Å². The first-order valence-electron chi connectivity index (χ1n) is 8.13. The monoisotopic (exact) mass is 360 g/mol. The van der Waals surface area contributed by atoms with Crippen molar-refractivity contribution in [3.63, 3.8) is 0 Å². The van der Waals surface area contributed by atoms with Crippen molar-refractivity contribution in [1.82, 2.24) is 15.6 Å². The van der Waals surface area contributed by atoms with Crippen LogP contribution in [0, 0.1) is 11.5 Å². The van der Waals surface area contributed by atoms with Crippen molar-refractivity contribution in [2.75, 3.05) is 20.1 Å². The first-order valence-corrected chi connectivity index (χ1v) is 8.51. The zero-order valence-electron chi connectivity index (χ0n) is 14.1. The summed E-state index contributed by atoms with van der Waals surface area (Å²) in [5, 5.41) is 20.8. The third kappa shape index (κ3) is 5.76. The topological polar surface area (TPSA) is 92.9 Å². The fourth-order valence-electron chi connectivity index (χ4n) is 2.45. The highest BCUT2D eigenvalue weighted by molar-refractivity contribution is 6.30. The predicted molar refractivity (Wildman–Crippen MR) is 98.3 cm³/mol. The van der Waals surface area contributed by atoms with Crippen molar-refractivity contribution in [2.45, 2.75) is 25.7 Å². The maximum absolute atomic E-state index is 12.0. The number of hydrogen-bond acceptors (Lipinski definition) is 4. The molecular formula is C17H21ClN6O. The fraction of sp³-hybridized carbons (Fsp3) is 0.412. The van der Waals surface area contributed by atoms with Crippen molar-refractivity contribution >= 4 is 29.2 Å². The van der Waals surface area contributed by atoms with Crippen LogP contribution < -0.4 is 10.6 Å².